The van der Waals surface area contributed by atoms with Crippen LogP contribution in [0.5, 0.6) is 0 Å². The quantitative estimate of drug-likeness (QED) is 0.236. The fourth-order valence-electron chi connectivity index (χ4n) is 2.13. The average Bonchev–Trinajstić information content (AvgIpc) is 3.51. The summed E-state index contributed by atoms with van der Waals surface area (Å²) in [5.41, 5.74) is 0. The number of aliphatic hydroxyl groups excluding tert-OH is 1. The molecule has 0 aromatic rings. The molecule has 20 heteroatoms. The van der Waals surface area contributed by atoms with Crippen molar-refractivity contribution in [3.05, 3.63) is 0 Å². The summed E-state index contributed by atoms with van der Waals surface area (Å²) in [5, 5.41) is 9.28. The molecule has 210 valence electrons. The normalized spacial score (nSPS) is 19.9. The van der Waals surface area contributed by atoms with Gasteiger partial charge in [-0.2, -0.15) is 61.5 Å². The third kappa shape index (κ3) is 5.53. The SMILES string of the molecule is OC(COCC1CO1)COCC(F)(F)C(F)(F)C(F)(F)C(F)(F)C(F)(F)C(F)(F)C(F)(F)C(F)F. The van der Waals surface area contributed by atoms with E-state index in [0.717, 1.165) is 0 Å². The molecule has 1 fully saturated rings. The Morgan fingerprint density at radius 2 is 1.09 bits per heavy atom. The molecule has 1 N–H and O–H groups in total. The van der Waals surface area contributed by atoms with Crippen LogP contribution in [0.2, 0.25) is 0 Å². The lowest BCUT2D eigenvalue weighted by Crippen LogP contribution is -2.74. The summed E-state index contributed by atoms with van der Waals surface area (Å²) in [7, 11) is 0. The fourth-order valence-corrected chi connectivity index (χ4v) is 2.13. The predicted molar refractivity (Wildman–Crippen MR) is 78.0 cm³/mol. The highest BCUT2D eigenvalue weighted by molar-refractivity contribution is 5.14. The maximum absolute atomic E-state index is 13.6. The molecule has 0 bridgehead atoms. The molecule has 0 radical (unpaired) electrons. The smallest absolute Gasteiger partial charge is 0.384 e. The number of rotatable bonds is 15. The first kappa shape index (κ1) is 31.7. The van der Waals surface area contributed by atoms with Crippen LogP contribution in [0.25, 0.3) is 0 Å². The molecular weight excluding hydrogens is 548 g/mol. The van der Waals surface area contributed by atoms with Crippen molar-refractivity contribution in [2.75, 3.05) is 33.0 Å². The lowest BCUT2D eigenvalue weighted by Gasteiger charge is -2.42. The van der Waals surface area contributed by atoms with Crippen LogP contribution >= 0.6 is 0 Å². The number of epoxide rings is 1. The second-order valence-corrected chi connectivity index (χ2v) is 7.16. The van der Waals surface area contributed by atoms with Gasteiger partial charge >= 0.3 is 47.9 Å². The molecule has 0 aliphatic carbocycles. The molecule has 0 saturated carbocycles. The Labute approximate surface area is 184 Å². The van der Waals surface area contributed by atoms with Gasteiger partial charge in [-0.1, -0.05) is 0 Å². The van der Waals surface area contributed by atoms with Crippen LogP contribution in [-0.2, 0) is 14.2 Å². The van der Waals surface area contributed by atoms with Gasteiger partial charge in [-0.25, -0.2) is 8.78 Å². The van der Waals surface area contributed by atoms with Crippen LogP contribution in [0.3, 0.4) is 0 Å². The van der Waals surface area contributed by atoms with E-state index in [0.29, 0.717) is 0 Å². The number of ether oxygens (including phenoxy) is 3. The standard InChI is InChI=1S/C15H14F16O4/c16-8(17)10(20,21)12(24,25)14(28,29)15(30,31)13(26,27)11(22,23)9(18,19)5-34-2-6(32)1-33-3-7-4-35-7/h6-8,32H,1-5H2. The van der Waals surface area contributed by atoms with Crippen LogP contribution in [-0.4, -0.2) is 98.2 Å². The van der Waals surface area contributed by atoms with Gasteiger partial charge in [-0.15, -0.1) is 0 Å². The number of halogens is 16. The minimum absolute atomic E-state index is 0.129. The minimum atomic E-state index is -8.45. The first-order chi connectivity index (χ1) is 15.4. The Bertz CT molecular complexity index is 709. The zero-order valence-electron chi connectivity index (χ0n) is 16.5. The van der Waals surface area contributed by atoms with Crippen LogP contribution in [0.4, 0.5) is 70.2 Å². The molecule has 1 saturated heterocycles. The summed E-state index contributed by atoms with van der Waals surface area (Å²) in [6.45, 7) is -5.00. The van der Waals surface area contributed by atoms with Crippen molar-refractivity contribution in [3.63, 3.8) is 0 Å². The van der Waals surface area contributed by atoms with Crippen molar-refractivity contribution in [2.24, 2.45) is 0 Å². The molecule has 0 aromatic heterocycles. The largest absolute Gasteiger partial charge is 0.388 e. The van der Waals surface area contributed by atoms with Crippen molar-refractivity contribution in [1.29, 1.82) is 0 Å². The molecule has 1 aliphatic heterocycles. The molecule has 0 amide bonds. The van der Waals surface area contributed by atoms with Crippen LogP contribution < -0.4 is 0 Å². The first-order valence-corrected chi connectivity index (χ1v) is 8.79. The maximum atomic E-state index is 13.6. The minimum Gasteiger partial charge on any atom is -0.388 e. The van der Waals surface area contributed by atoms with Gasteiger partial charge in [0.25, 0.3) is 0 Å². The summed E-state index contributed by atoms with van der Waals surface area (Å²) in [6, 6.07) is 0. The molecule has 4 nitrogen and oxygen atoms in total. The van der Waals surface area contributed by atoms with Crippen LogP contribution in [0, 0.1) is 0 Å². The van der Waals surface area contributed by atoms with E-state index in [2.05, 4.69) is 9.47 Å². The van der Waals surface area contributed by atoms with E-state index in [-0.39, 0.29) is 19.3 Å². The van der Waals surface area contributed by atoms with E-state index < -0.39 is 73.8 Å². The van der Waals surface area contributed by atoms with Gasteiger partial charge in [-0.3, -0.25) is 0 Å². The Morgan fingerprint density at radius 3 is 1.51 bits per heavy atom. The molecule has 35 heavy (non-hydrogen) atoms. The van der Waals surface area contributed by atoms with Crippen molar-refractivity contribution in [3.8, 4) is 0 Å². The number of hydrogen-bond acceptors (Lipinski definition) is 4. The number of hydrogen-bond donors (Lipinski definition) is 1. The highest BCUT2D eigenvalue weighted by Gasteiger charge is 2.93. The molecule has 1 rings (SSSR count). The topological polar surface area (TPSA) is 51.2 Å². The molecule has 1 aliphatic rings. The Hall–Kier alpha value is -1.28. The zero-order chi connectivity index (χ0) is 27.9. The summed E-state index contributed by atoms with van der Waals surface area (Å²) in [6.07, 6.45) is -8.16. The molecular formula is C15H14F16O4. The Kier molecular flexibility index (Phi) is 8.96. The maximum Gasteiger partial charge on any atom is 0.384 e. The van der Waals surface area contributed by atoms with Crippen LogP contribution in [0.15, 0.2) is 0 Å². The lowest BCUT2D eigenvalue weighted by molar-refractivity contribution is -0.448. The molecule has 2 unspecified atom stereocenters. The van der Waals surface area contributed by atoms with Crippen molar-refractivity contribution < 1.29 is 89.6 Å². The Morgan fingerprint density at radius 1 is 0.686 bits per heavy atom. The second kappa shape index (κ2) is 9.88. The van der Waals surface area contributed by atoms with Crippen molar-refractivity contribution in [2.45, 2.75) is 60.1 Å². The van der Waals surface area contributed by atoms with Gasteiger partial charge in [0.1, 0.15) is 18.8 Å². The zero-order valence-corrected chi connectivity index (χ0v) is 16.5. The monoisotopic (exact) mass is 562 g/mol. The third-order valence-corrected chi connectivity index (χ3v) is 4.34. The van der Waals surface area contributed by atoms with Gasteiger partial charge in [0.05, 0.1) is 26.4 Å². The van der Waals surface area contributed by atoms with Crippen molar-refractivity contribution >= 4 is 0 Å². The highest BCUT2D eigenvalue weighted by atomic mass is 19.4. The first-order valence-electron chi connectivity index (χ1n) is 8.79. The molecule has 1 heterocycles. The van der Waals surface area contributed by atoms with Gasteiger partial charge in [0, 0.05) is 0 Å². The molecule has 0 spiro atoms. The number of alkyl halides is 16. The van der Waals surface area contributed by atoms with E-state index in [4.69, 9.17) is 4.74 Å². The van der Waals surface area contributed by atoms with Crippen molar-refractivity contribution in [1.82, 2.24) is 0 Å². The number of aliphatic hydroxyl groups is 1. The van der Waals surface area contributed by atoms with Gasteiger partial charge in [0.2, 0.25) is 0 Å². The molecule has 0 aromatic carbocycles. The molecule has 2 atom stereocenters. The highest BCUT2D eigenvalue weighted by Crippen LogP contribution is 2.62. The second-order valence-electron chi connectivity index (χ2n) is 7.16. The van der Waals surface area contributed by atoms with E-state index in [1.807, 2.05) is 0 Å². The van der Waals surface area contributed by atoms with E-state index >= 15 is 0 Å². The summed E-state index contributed by atoms with van der Waals surface area (Å²) < 4.78 is 224. The van der Waals surface area contributed by atoms with Gasteiger partial charge < -0.3 is 19.3 Å². The Balaban J connectivity index is 3.06. The predicted octanol–water partition coefficient (Wildman–Crippen LogP) is 4.49. The lowest BCUT2D eigenvalue weighted by atomic mass is 9.89. The van der Waals surface area contributed by atoms with E-state index in [1.165, 1.54) is 0 Å². The fraction of sp³-hybridized carbons (Fsp3) is 1.00. The average molecular weight is 562 g/mol. The third-order valence-electron chi connectivity index (χ3n) is 4.34. The van der Waals surface area contributed by atoms with E-state index in [1.54, 1.807) is 0 Å². The van der Waals surface area contributed by atoms with Gasteiger partial charge in [-0.05, 0) is 0 Å². The summed E-state index contributed by atoms with van der Waals surface area (Å²) in [5.74, 6) is -55.0. The van der Waals surface area contributed by atoms with Crippen LogP contribution in [0.1, 0.15) is 0 Å². The summed E-state index contributed by atoms with van der Waals surface area (Å²) >= 11 is 0. The summed E-state index contributed by atoms with van der Waals surface area (Å²) in [4.78, 5) is 0. The van der Waals surface area contributed by atoms with E-state index in [9.17, 15) is 75.4 Å². The van der Waals surface area contributed by atoms with Gasteiger partial charge in [0.15, 0.2) is 0 Å².